The van der Waals surface area contributed by atoms with Gasteiger partial charge in [0.05, 0.1) is 74.7 Å². The van der Waals surface area contributed by atoms with Gasteiger partial charge in [-0.3, -0.25) is 33.8 Å². The molecule has 16 nitrogen and oxygen atoms in total. The maximum absolute atomic E-state index is 14.1. The molecule has 0 fully saturated rings. The van der Waals surface area contributed by atoms with Crippen molar-refractivity contribution in [1.82, 2.24) is 50.3 Å². The number of aliphatic carboxylic acids is 1. The number of Topliss-reactive ketones (excluding diaryl/α,β-unsaturated/α-hetero) is 2. The second-order valence-corrected chi connectivity index (χ2v) is 16.8. The highest BCUT2D eigenvalue weighted by Crippen LogP contribution is 2.27. The summed E-state index contributed by atoms with van der Waals surface area (Å²) >= 11 is 0. The number of carboxylic acid groups (broad SMARTS) is 1. The van der Waals surface area contributed by atoms with Crippen LogP contribution in [0.2, 0.25) is 0 Å². The minimum atomic E-state index is -1.06. The van der Waals surface area contributed by atoms with Crippen LogP contribution in [-0.4, -0.2) is 87.2 Å². The molecule has 9 rings (SSSR count). The Morgan fingerprint density at radius 2 is 0.821 bits per heavy atom. The maximum atomic E-state index is 14.1. The van der Waals surface area contributed by atoms with Crippen LogP contribution in [0.4, 0.5) is 0 Å². The Bertz CT molecular complexity index is 2720. The summed E-state index contributed by atoms with van der Waals surface area (Å²) in [7, 11) is 0. The van der Waals surface area contributed by atoms with Gasteiger partial charge in [0.1, 0.15) is 0 Å². The molecule has 0 spiro atoms. The first kappa shape index (κ1) is 46.1. The third-order valence-corrected chi connectivity index (χ3v) is 11.4. The Balaban J connectivity index is 1.25. The molecule has 0 saturated heterocycles. The molecule has 16 heteroatoms. The summed E-state index contributed by atoms with van der Waals surface area (Å²) in [4.78, 5) is 98.4. The van der Waals surface area contributed by atoms with Gasteiger partial charge in [0.2, 0.25) is 11.8 Å². The van der Waals surface area contributed by atoms with Crippen molar-refractivity contribution in [2.24, 2.45) is 0 Å². The molecule has 3 aliphatic rings. The number of carboxylic acids is 1. The lowest BCUT2D eigenvalue weighted by Gasteiger charge is -2.24. The molecule has 0 unspecified atom stereocenters. The number of nitrogens with zero attached hydrogens (tertiary/aromatic N) is 8. The average Bonchev–Trinajstić information content (AvgIpc) is 3.33. The zero-order chi connectivity index (χ0) is 46.7. The lowest BCUT2D eigenvalue weighted by molar-refractivity contribution is -0.138. The van der Waals surface area contributed by atoms with Gasteiger partial charge in [-0.05, 0) is 85.6 Å². The average molecular weight is 901 g/mol. The number of ketones is 2. The second kappa shape index (κ2) is 21.7. The van der Waals surface area contributed by atoms with Crippen LogP contribution in [0.5, 0.6) is 0 Å². The van der Waals surface area contributed by atoms with Crippen molar-refractivity contribution in [2.75, 3.05) is 13.1 Å². The Hall–Kier alpha value is -7.43. The molecular formula is C51H52N10O6. The van der Waals surface area contributed by atoms with Gasteiger partial charge in [0, 0.05) is 89.2 Å². The molecule has 0 saturated carbocycles. The van der Waals surface area contributed by atoms with Gasteiger partial charge in [-0.1, -0.05) is 31.2 Å². The Morgan fingerprint density at radius 1 is 0.463 bits per heavy atom. The quantitative estimate of drug-likeness (QED) is 0.0785. The van der Waals surface area contributed by atoms with E-state index in [1.54, 1.807) is 31.2 Å². The van der Waals surface area contributed by atoms with E-state index in [9.17, 15) is 24.0 Å². The zero-order valence-corrected chi connectivity index (χ0v) is 37.4. The van der Waals surface area contributed by atoms with Crippen molar-refractivity contribution in [2.45, 2.75) is 91.1 Å². The fourth-order valence-electron chi connectivity index (χ4n) is 8.15. The molecule has 67 heavy (non-hydrogen) atoms. The van der Waals surface area contributed by atoms with Crippen LogP contribution in [0.25, 0.3) is 34.2 Å². The number of amides is 2. The summed E-state index contributed by atoms with van der Waals surface area (Å²) in [6, 6.07) is 30.7. The summed E-state index contributed by atoms with van der Waals surface area (Å²) in [5.41, 5.74) is 8.92. The van der Waals surface area contributed by atoms with Crippen molar-refractivity contribution >= 4 is 29.4 Å². The highest BCUT2D eigenvalue weighted by molar-refractivity contribution is 5.98. The van der Waals surface area contributed by atoms with Crippen molar-refractivity contribution in [3.63, 3.8) is 0 Å². The first-order valence-corrected chi connectivity index (χ1v) is 22.7. The number of nitrogens with one attached hydrogen (secondary N) is 2. The van der Waals surface area contributed by atoms with Crippen molar-refractivity contribution < 1.29 is 29.1 Å². The number of rotatable bonds is 14. The molecule has 3 N–H and O–H groups in total. The smallest absolute Gasteiger partial charge is 0.303 e. The minimum absolute atomic E-state index is 0.0813. The Labute approximate surface area is 388 Å². The van der Waals surface area contributed by atoms with E-state index in [1.165, 1.54) is 0 Å². The number of carbonyl (C=O) groups excluding carboxylic acids is 4. The molecule has 0 aliphatic carbocycles. The monoisotopic (exact) mass is 900 g/mol. The van der Waals surface area contributed by atoms with Gasteiger partial charge >= 0.3 is 5.97 Å². The van der Waals surface area contributed by atoms with E-state index >= 15 is 0 Å². The summed E-state index contributed by atoms with van der Waals surface area (Å²) in [6.45, 7) is 4.50. The summed E-state index contributed by atoms with van der Waals surface area (Å²) in [6.07, 6.45) is 0.995. The SMILES string of the molecule is CCC(=O)NCCCC(=O)c1cc2nc(c1)-c1cc(C(=O)CCCNC(=O)CCC(=O)O)cc(n1)CN1Cc3cccc(n3)-c3cccc(n3)CN(Cc3cccc(n3)-c3cccc(n3)C1)C2. The van der Waals surface area contributed by atoms with Crippen molar-refractivity contribution in [1.29, 1.82) is 0 Å². The normalized spacial score (nSPS) is 15.2. The molecule has 9 heterocycles. The number of hydrogen-bond donors (Lipinski definition) is 3. The standard InChI is InChI=1S/C51H52N10O6/c1-2-49(64)52-21-7-17-47(62)33-23-39-31-60-27-35-9-3-13-41(54-35)43-15-5-11-37(56-43)29-61(30-38-12-6-16-44(57-38)42-14-4-10-36(28-60)55-42)32-40-24-34(26-46(59-40)45(25-33)58-39)48(63)18-8-22-53-50(65)19-20-51(66)67/h3-6,9-16,23-26H,2,7-8,17-22,27-32H2,1H3,(H,52,64)(H,53,65)(H,66,67). The molecule has 0 aromatic carbocycles. The second-order valence-electron chi connectivity index (χ2n) is 16.8. The first-order chi connectivity index (χ1) is 32.5. The molecule has 3 aliphatic heterocycles. The van der Waals surface area contributed by atoms with Gasteiger partial charge in [0.15, 0.2) is 11.6 Å². The van der Waals surface area contributed by atoms with E-state index in [1.807, 2.05) is 72.8 Å². The van der Waals surface area contributed by atoms with Crippen LogP contribution in [0, 0.1) is 0 Å². The van der Waals surface area contributed by atoms with E-state index < -0.39 is 11.9 Å². The number of carbonyl (C=O) groups is 5. The lowest BCUT2D eigenvalue weighted by atomic mass is 10.0. The maximum Gasteiger partial charge on any atom is 0.303 e. The topological polar surface area (TPSA) is 213 Å². The third kappa shape index (κ3) is 12.7. The van der Waals surface area contributed by atoms with Gasteiger partial charge in [-0.15, -0.1) is 0 Å². The van der Waals surface area contributed by atoms with Crippen LogP contribution < -0.4 is 10.6 Å². The predicted molar refractivity (Wildman–Crippen MR) is 249 cm³/mol. The molecular weight excluding hydrogens is 849 g/mol. The molecule has 6 aromatic rings. The Kier molecular flexibility index (Phi) is 14.9. The van der Waals surface area contributed by atoms with Crippen molar-refractivity contribution in [3.8, 4) is 34.2 Å². The van der Waals surface area contributed by atoms with Gasteiger partial charge in [-0.25, -0.2) is 29.9 Å². The van der Waals surface area contributed by atoms with E-state index in [4.69, 9.17) is 35.0 Å². The summed E-state index contributed by atoms with van der Waals surface area (Å²) in [5, 5.41) is 14.5. The van der Waals surface area contributed by atoms with Gasteiger partial charge in [-0.2, -0.15) is 0 Å². The molecule has 6 aromatic heterocycles. The summed E-state index contributed by atoms with van der Waals surface area (Å²) < 4.78 is 0. The van der Waals surface area contributed by atoms with Crippen molar-refractivity contribution in [3.05, 3.63) is 142 Å². The van der Waals surface area contributed by atoms with E-state index in [-0.39, 0.29) is 62.8 Å². The molecule has 342 valence electrons. The van der Waals surface area contributed by atoms with Crippen LogP contribution in [-0.2, 0) is 53.7 Å². The lowest BCUT2D eigenvalue weighted by Crippen LogP contribution is -2.26. The molecule has 0 atom stereocenters. The van der Waals surface area contributed by atoms with E-state index in [0.717, 1.165) is 45.6 Å². The van der Waals surface area contributed by atoms with E-state index in [2.05, 4.69) is 20.4 Å². The zero-order valence-electron chi connectivity index (χ0n) is 37.4. The van der Waals surface area contributed by atoms with Crippen LogP contribution >= 0.6 is 0 Å². The third-order valence-electron chi connectivity index (χ3n) is 11.4. The highest BCUT2D eigenvalue weighted by Gasteiger charge is 2.22. The van der Waals surface area contributed by atoms with Crippen LogP contribution in [0.3, 0.4) is 0 Å². The van der Waals surface area contributed by atoms with Gasteiger partial charge < -0.3 is 15.7 Å². The minimum Gasteiger partial charge on any atom is -0.481 e. The predicted octanol–water partition coefficient (Wildman–Crippen LogP) is 6.52. The van der Waals surface area contributed by atoms with E-state index in [0.29, 0.717) is 85.9 Å². The van der Waals surface area contributed by atoms with Crippen LogP contribution in [0.15, 0.2) is 97.1 Å². The number of pyridine rings is 6. The number of hydrogen-bond acceptors (Lipinski definition) is 13. The largest absolute Gasteiger partial charge is 0.481 e. The molecule has 0 radical (unpaired) electrons. The molecule has 2 amide bonds. The molecule has 14 bridgehead atoms. The first-order valence-electron chi connectivity index (χ1n) is 22.7. The highest BCUT2D eigenvalue weighted by atomic mass is 16.4. The summed E-state index contributed by atoms with van der Waals surface area (Å²) in [5.74, 6) is -1.84. The number of aromatic nitrogens is 6. The Morgan fingerprint density at radius 3 is 1.19 bits per heavy atom. The fourth-order valence-corrected chi connectivity index (χ4v) is 8.15. The fraction of sp³-hybridized carbons (Fsp3) is 0.314. The van der Waals surface area contributed by atoms with Crippen LogP contribution in [0.1, 0.15) is 107 Å². The van der Waals surface area contributed by atoms with Gasteiger partial charge in [0.25, 0.3) is 0 Å².